The number of carbonyl (C=O) groups is 1. The van der Waals surface area contributed by atoms with Gasteiger partial charge in [-0.2, -0.15) is 5.26 Å². The lowest BCUT2D eigenvalue weighted by molar-refractivity contribution is -0.140. The quantitative estimate of drug-likeness (QED) is 0.734. The van der Waals surface area contributed by atoms with Gasteiger partial charge in [-0.1, -0.05) is 12.8 Å². The van der Waals surface area contributed by atoms with E-state index in [9.17, 15) is 18.5 Å². The van der Waals surface area contributed by atoms with Crippen LogP contribution in [0, 0.1) is 16.7 Å². The molecule has 0 aromatic heterocycles. The van der Waals surface area contributed by atoms with E-state index >= 15 is 0 Å². The molecular formula is C15H23N3O3S. The van der Waals surface area contributed by atoms with Crippen molar-refractivity contribution in [3.63, 3.8) is 0 Å². The standard InChI is InChI=1S/C15H23N3O3S/c16-12-15(4-1-2-5-15)14(19)18-8-6-17(7-9-18)13-3-10-22(20,21)11-13/h13H,1-11H2/t13-/m0/s1. The lowest BCUT2D eigenvalue weighted by Gasteiger charge is -2.39. The van der Waals surface area contributed by atoms with Crippen molar-refractivity contribution in [1.29, 1.82) is 5.26 Å². The van der Waals surface area contributed by atoms with E-state index in [0.29, 0.717) is 45.4 Å². The highest BCUT2D eigenvalue weighted by atomic mass is 32.2. The van der Waals surface area contributed by atoms with Gasteiger partial charge in [0.2, 0.25) is 5.91 Å². The van der Waals surface area contributed by atoms with Crippen molar-refractivity contribution in [1.82, 2.24) is 9.80 Å². The Hall–Kier alpha value is -1.13. The van der Waals surface area contributed by atoms with Crippen LogP contribution >= 0.6 is 0 Å². The van der Waals surface area contributed by atoms with Crippen LogP contribution < -0.4 is 0 Å². The van der Waals surface area contributed by atoms with Gasteiger partial charge in [0.1, 0.15) is 5.41 Å². The molecule has 1 atom stereocenters. The van der Waals surface area contributed by atoms with Gasteiger partial charge in [-0.05, 0) is 19.3 Å². The molecular weight excluding hydrogens is 302 g/mol. The predicted octanol–water partition coefficient (Wildman–Crippen LogP) is 0.402. The van der Waals surface area contributed by atoms with Crippen molar-refractivity contribution >= 4 is 15.7 Å². The molecule has 1 saturated carbocycles. The molecule has 1 amide bonds. The zero-order valence-electron chi connectivity index (χ0n) is 12.8. The molecule has 2 saturated heterocycles. The minimum absolute atomic E-state index is 0.00815. The van der Waals surface area contributed by atoms with Crippen LogP contribution in [0.2, 0.25) is 0 Å². The number of hydrogen-bond donors (Lipinski definition) is 0. The van der Waals surface area contributed by atoms with Gasteiger partial charge in [-0.3, -0.25) is 9.69 Å². The largest absolute Gasteiger partial charge is 0.339 e. The van der Waals surface area contributed by atoms with E-state index in [-0.39, 0.29) is 23.5 Å². The Labute approximate surface area is 132 Å². The summed E-state index contributed by atoms with van der Waals surface area (Å²) in [5.41, 5.74) is -0.793. The van der Waals surface area contributed by atoms with Gasteiger partial charge in [-0.25, -0.2) is 8.42 Å². The summed E-state index contributed by atoms with van der Waals surface area (Å²) in [4.78, 5) is 16.7. The summed E-state index contributed by atoms with van der Waals surface area (Å²) in [6.45, 7) is 2.65. The molecule has 3 aliphatic rings. The van der Waals surface area contributed by atoms with Crippen molar-refractivity contribution in [3.05, 3.63) is 0 Å². The second kappa shape index (κ2) is 5.82. The van der Waals surface area contributed by atoms with Gasteiger partial charge in [0.25, 0.3) is 0 Å². The van der Waals surface area contributed by atoms with Crippen LogP contribution in [0.4, 0.5) is 0 Å². The van der Waals surface area contributed by atoms with Gasteiger partial charge in [0, 0.05) is 32.2 Å². The third-order valence-corrected chi connectivity index (χ3v) is 7.16. The molecule has 7 heteroatoms. The molecule has 122 valence electrons. The number of carbonyl (C=O) groups excluding carboxylic acids is 1. The first-order valence-corrected chi connectivity index (χ1v) is 9.93. The Kier molecular flexibility index (Phi) is 4.17. The van der Waals surface area contributed by atoms with E-state index in [1.54, 1.807) is 0 Å². The van der Waals surface area contributed by atoms with E-state index in [4.69, 9.17) is 0 Å². The highest BCUT2D eigenvalue weighted by Gasteiger charge is 2.45. The highest BCUT2D eigenvalue weighted by Crippen LogP contribution is 2.39. The molecule has 0 aromatic rings. The molecule has 0 unspecified atom stereocenters. The highest BCUT2D eigenvalue weighted by molar-refractivity contribution is 7.91. The summed E-state index contributed by atoms with van der Waals surface area (Å²) in [7, 11) is -2.87. The molecule has 2 heterocycles. The van der Waals surface area contributed by atoms with Crippen LogP contribution in [0.1, 0.15) is 32.1 Å². The summed E-state index contributed by atoms with van der Waals surface area (Å²) >= 11 is 0. The number of nitrogens with zero attached hydrogens (tertiary/aromatic N) is 3. The van der Waals surface area contributed by atoms with Crippen molar-refractivity contribution < 1.29 is 13.2 Å². The molecule has 0 N–H and O–H groups in total. The topological polar surface area (TPSA) is 81.5 Å². The van der Waals surface area contributed by atoms with Crippen LogP contribution in [0.25, 0.3) is 0 Å². The molecule has 0 aromatic carbocycles. The van der Waals surface area contributed by atoms with Gasteiger partial charge in [-0.15, -0.1) is 0 Å². The Morgan fingerprint density at radius 2 is 1.77 bits per heavy atom. The van der Waals surface area contributed by atoms with Crippen LogP contribution in [-0.4, -0.2) is 67.9 Å². The fraction of sp³-hybridized carbons (Fsp3) is 0.867. The van der Waals surface area contributed by atoms with Crippen LogP contribution in [-0.2, 0) is 14.6 Å². The molecule has 0 radical (unpaired) electrons. The number of amides is 1. The maximum absolute atomic E-state index is 12.7. The van der Waals surface area contributed by atoms with E-state index in [2.05, 4.69) is 11.0 Å². The number of hydrogen-bond acceptors (Lipinski definition) is 5. The number of nitriles is 1. The zero-order valence-corrected chi connectivity index (χ0v) is 13.6. The summed E-state index contributed by atoms with van der Waals surface area (Å²) in [5, 5.41) is 9.43. The first-order valence-electron chi connectivity index (χ1n) is 8.11. The van der Waals surface area contributed by atoms with E-state index in [1.807, 2.05) is 4.90 Å². The summed E-state index contributed by atoms with van der Waals surface area (Å²) in [6.07, 6.45) is 3.99. The van der Waals surface area contributed by atoms with Crippen LogP contribution in [0.3, 0.4) is 0 Å². The van der Waals surface area contributed by atoms with Crippen molar-refractivity contribution in [2.75, 3.05) is 37.7 Å². The van der Waals surface area contributed by atoms with Crippen LogP contribution in [0.15, 0.2) is 0 Å². The molecule has 6 nitrogen and oxygen atoms in total. The van der Waals surface area contributed by atoms with Crippen molar-refractivity contribution in [2.24, 2.45) is 5.41 Å². The second-order valence-electron chi connectivity index (χ2n) is 6.79. The summed E-state index contributed by atoms with van der Waals surface area (Å²) in [5.74, 6) is 0.531. The number of rotatable bonds is 2. The molecule has 3 rings (SSSR count). The lowest BCUT2D eigenvalue weighted by atomic mass is 9.86. The van der Waals surface area contributed by atoms with Gasteiger partial charge in [0.05, 0.1) is 17.6 Å². The second-order valence-corrected chi connectivity index (χ2v) is 9.01. The average Bonchev–Trinajstić information content (AvgIpc) is 3.14. The SMILES string of the molecule is N#CC1(C(=O)N2CCN([C@H]3CCS(=O)(=O)C3)CC2)CCCC1. The van der Waals surface area contributed by atoms with E-state index in [1.165, 1.54) is 0 Å². The molecule has 0 bridgehead atoms. The summed E-state index contributed by atoms with van der Waals surface area (Å²) in [6, 6.07) is 2.38. The predicted molar refractivity (Wildman–Crippen MR) is 81.7 cm³/mol. The third kappa shape index (κ3) is 2.86. The molecule has 1 aliphatic carbocycles. The zero-order chi connectivity index (χ0) is 15.8. The van der Waals surface area contributed by atoms with E-state index < -0.39 is 15.3 Å². The fourth-order valence-corrected chi connectivity index (χ4v) is 5.77. The molecule has 0 spiro atoms. The monoisotopic (exact) mass is 325 g/mol. The lowest BCUT2D eigenvalue weighted by Crippen LogP contribution is -2.55. The Bertz CT molecular complexity index is 582. The van der Waals surface area contributed by atoms with Gasteiger partial charge in [0.15, 0.2) is 9.84 Å². The average molecular weight is 325 g/mol. The van der Waals surface area contributed by atoms with Crippen LogP contribution in [0.5, 0.6) is 0 Å². The van der Waals surface area contributed by atoms with Crippen molar-refractivity contribution in [3.8, 4) is 6.07 Å². The molecule has 22 heavy (non-hydrogen) atoms. The fourth-order valence-electron chi connectivity index (χ4n) is 4.01. The maximum atomic E-state index is 12.7. The van der Waals surface area contributed by atoms with E-state index in [0.717, 1.165) is 12.8 Å². The third-order valence-electron chi connectivity index (χ3n) is 5.41. The Morgan fingerprint density at radius 1 is 1.14 bits per heavy atom. The van der Waals surface area contributed by atoms with Gasteiger partial charge >= 0.3 is 0 Å². The minimum Gasteiger partial charge on any atom is -0.339 e. The Balaban J connectivity index is 1.58. The first-order chi connectivity index (χ1) is 10.5. The molecule has 2 aliphatic heterocycles. The Morgan fingerprint density at radius 3 is 2.27 bits per heavy atom. The normalized spacial score (nSPS) is 31.0. The maximum Gasteiger partial charge on any atom is 0.243 e. The number of piperazine rings is 1. The molecule has 3 fully saturated rings. The minimum atomic E-state index is -2.87. The van der Waals surface area contributed by atoms with Gasteiger partial charge < -0.3 is 4.90 Å². The summed E-state index contributed by atoms with van der Waals surface area (Å²) < 4.78 is 23.2. The number of sulfone groups is 1. The van der Waals surface area contributed by atoms with Crippen molar-refractivity contribution in [2.45, 2.75) is 38.1 Å². The smallest absolute Gasteiger partial charge is 0.243 e. The first kappa shape index (κ1) is 15.8.